The van der Waals surface area contributed by atoms with Gasteiger partial charge in [0.25, 0.3) is 0 Å². The average Bonchev–Trinajstić information content (AvgIpc) is 3.17. The first-order chi connectivity index (χ1) is 14.2. The molecule has 1 aromatic heterocycles. The first-order valence-corrected chi connectivity index (χ1v) is 10.1. The molecule has 3 aromatic rings. The molecule has 2 heterocycles. The van der Waals surface area contributed by atoms with E-state index in [9.17, 15) is 5.11 Å². The van der Waals surface area contributed by atoms with E-state index in [0.29, 0.717) is 13.2 Å². The van der Waals surface area contributed by atoms with Crippen LogP contribution in [-0.2, 0) is 0 Å². The number of hydrogen-bond acceptors (Lipinski definition) is 7. The van der Waals surface area contributed by atoms with E-state index in [4.69, 9.17) is 9.57 Å². The number of β-amino-alcohol motifs (C(OH)–C–C–N with tert-alkyl or cyclic N) is 1. The third-order valence-corrected chi connectivity index (χ3v) is 5.06. The van der Waals surface area contributed by atoms with E-state index >= 15 is 0 Å². The predicted molar refractivity (Wildman–Crippen MR) is 111 cm³/mol. The minimum Gasteiger partial charge on any atom is -0.492 e. The van der Waals surface area contributed by atoms with Crippen LogP contribution in [0.3, 0.4) is 0 Å². The lowest BCUT2D eigenvalue weighted by atomic mass is 10.2. The molecule has 8 nitrogen and oxygen atoms in total. The molecule has 1 saturated heterocycles. The lowest BCUT2D eigenvalue weighted by Gasteiger charge is -2.37. The zero-order valence-electron chi connectivity index (χ0n) is 16.6. The number of aliphatic hydroxyl groups is 1. The van der Waals surface area contributed by atoms with E-state index in [1.165, 1.54) is 4.85 Å². The number of anilines is 1. The number of nitrogens with zero attached hydrogens (tertiary/aromatic N) is 5. The number of aliphatic hydroxyl groups excluding tert-OH is 1. The Morgan fingerprint density at radius 3 is 2.62 bits per heavy atom. The molecule has 1 aliphatic rings. The highest BCUT2D eigenvalue weighted by Gasteiger charge is 2.21. The molecule has 0 bridgehead atoms. The molecule has 4 rings (SSSR count). The molecule has 0 saturated carbocycles. The van der Waals surface area contributed by atoms with Crippen molar-refractivity contribution in [1.29, 1.82) is 0 Å². The van der Waals surface area contributed by atoms with Crippen LogP contribution in [0.1, 0.15) is 6.92 Å². The minimum absolute atomic E-state index is 0.167. The van der Waals surface area contributed by atoms with Gasteiger partial charge in [0.05, 0.1) is 12.3 Å². The molecule has 8 heteroatoms. The van der Waals surface area contributed by atoms with Crippen molar-refractivity contribution in [2.24, 2.45) is 0 Å². The fourth-order valence-corrected chi connectivity index (χ4v) is 3.62. The quantitative estimate of drug-likeness (QED) is 0.616. The zero-order chi connectivity index (χ0) is 20.1. The molecule has 0 spiro atoms. The third-order valence-electron chi connectivity index (χ3n) is 5.06. The summed E-state index contributed by atoms with van der Waals surface area (Å²) in [6, 6.07) is 15.7. The van der Waals surface area contributed by atoms with Gasteiger partial charge in [0.2, 0.25) is 0 Å². The molecule has 0 amide bonds. The topological polar surface area (TPSA) is 75.9 Å². The van der Waals surface area contributed by atoms with Crippen LogP contribution in [0.25, 0.3) is 11.0 Å². The van der Waals surface area contributed by atoms with Gasteiger partial charge in [-0.05, 0) is 36.4 Å². The fourth-order valence-electron chi connectivity index (χ4n) is 3.62. The first kappa shape index (κ1) is 19.5. The standard InChI is InChI=1S/C21H27N5O3/c1-2-28-21-10-6-5-9-20(21)25-13-11-24(12-14-25)15-17(27)16-29-26-19-8-4-3-7-18(19)22-23-26/h3-10,17,27H,2,11-16H2,1H3/t17-/m0/s1. The lowest BCUT2D eigenvalue weighted by molar-refractivity contribution is -0.00128. The second kappa shape index (κ2) is 9.11. The Morgan fingerprint density at radius 1 is 1.03 bits per heavy atom. The van der Waals surface area contributed by atoms with Gasteiger partial charge in [0.15, 0.2) is 0 Å². The summed E-state index contributed by atoms with van der Waals surface area (Å²) in [6.07, 6.45) is -0.597. The third kappa shape index (κ3) is 4.60. The van der Waals surface area contributed by atoms with Crippen LogP contribution in [0.2, 0.25) is 0 Å². The van der Waals surface area contributed by atoms with Gasteiger partial charge in [-0.1, -0.05) is 29.1 Å². The van der Waals surface area contributed by atoms with Crippen molar-refractivity contribution in [2.45, 2.75) is 13.0 Å². The van der Waals surface area contributed by atoms with Gasteiger partial charge in [-0.2, -0.15) is 0 Å². The number of rotatable bonds is 8. The molecule has 29 heavy (non-hydrogen) atoms. The Bertz CT molecular complexity index is 923. The fraction of sp³-hybridized carbons (Fsp3) is 0.429. The van der Waals surface area contributed by atoms with Crippen LogP contribution in [0.5, 0.6) is 5.75 Å². The summed E-state index contributed by atoms with van der Waals surface area (Å²) >= 11 is 0. The lowest BCUT2D eigenvalue weighted by Crippen LogP contribution is -2.49. The number of para-hydroxylation sites is 3. The highest BCUT2D eigenvalue weighted by molar-refractivity contribution is 5.73. The smallest absolute Gasteiger partial charge is 0.144 e. The van der Waals surface area contributed by atoms with E-state index < -0.39 is 6.10 Å². The van der Waals surface area contributed by atoms with Crippen LogP contribution in [0, 0.1) is 0 Å². The van der Waals surface area contributed by atoms with Gasteiger partial charge in [-0.15, -0.1) is 5.10 Å². The SMILES string of the molecule is CCOc1ccccc1N1CCN(C[C@H](O)COn2nnc3ccccc32)CC1. The largest absolute Gasteiger partial charge is 0.492 e. The van der Waals surface area contributed by atoms with Gasteiger partial charge in [-0.3, -0.25) is 4.90 Å². The molecule has 1 aliphatic heterocycles. The molecule has 1 atom stereocenters. The molecule has 1 fully saturated rings. The van der Waals surface area contributed by atoms with Crippen molar-refractivity contribution in [2.75, 3.05) is 50.8 Å². The van der Waals surface area contributed by atoms with Gasteiger partial charge >= 0.3 is 0 Å². The second-order valence-corrected chi connectivity index (χ2v) is 7.09. The van der Waals surface area contributed by atoms with Crippen LogP contribution in [0.4, 0.5) is 5.69 Å². The summed E-state index contributed by atoms with van der Waals surface area (Å²) < 4.78 is 5.75. The maximum Gasteiger partial charge on any atom is 0.144 e. The highest BCUT2D eigenvalue weighted by Crippen LogP contribution is 2.28. The van der Waals surface area contributed by atoms with E-state index in [0.717, 1.165) is 48.6 Å². The number of hydrogen-bond donors (Lipinski definition) is 1. The molecule has 0 aliphatic carbocycles. The Balaban J connectivity index is 1.26. The van der Waals surface area contributed by atoms with E-state index in [-0.39, 0.29) is 6.61 Å². The van der Waals surface area contributed by atoms with Crippen molar-refractivity contribution in [3.63, 3.8) is 0 Å². The van der Waals surface area contributed by atoms with Crippen molar-refractivity contribution >= 4 is 16.7 Å². The summed E-state index contributed by atoms with van der Waals surface area (Å²) in [7, 11) is 0. The predicted octanol–water partition coefficient (Wildman–Crippen LogP) is 1.44. The second-order valence-electron chi connectivity index (χ2n) is 7.09. The molecular weight excluding hydrogens is 370 g/mol. The van der Waals surface area contributed by atoms with Gasteiger partial charge < -0.3 is 19.6 Å². The Kier molecular flexibility index (Phi) is 6.12. The summed E-state index contributed by atoms with van der Waals surface area (Å²) in [6.45, 7) is 6.93. The van der Waals surface area contributed by atoms with Crippen molar-refractivity contribution in [3.05, 3.63) is 48.5 Å². The van der Waals surface area contributed by atoms with E-state index in [1.807, 2.05) is 49.4 Å². The summed E-state index contributed by atoms with van der Waals surface area (Å²) in [5, 5.41) is 18.4. The molecular formula is C21H27N5O3. The number of piperazine rings is 1. The molecule has 1 N–H and O–H groups in total. The average molecular weight is 397 g/mol. The van der Waals surface area contributed by atoms with Crippen molar-refractivity contribution in [3.8, 4) is 5.75 Å². The Morgan fingerprint density at radius 2 is 1.79 bits per heavy atom. The Labute approximate surface area is 170 Å². The van der Waals surface area contributed by atoms with Crippen LogP contribution in [-0.4, -0.2) is 77.2 Å². The molecule has 2 aromatic carbocycles. The van der Waals surface area contributed by atoms with Crippen molar-refractivity contribution in [1.82, 2.24) is 20.1 Å². The number of aromatic nitrogens is 3. The van der Waals surface area contributed by atoms with Gasteiger partial charge in [0, 0.05) is 32.7 Å². The molecule has 0 radical (unpaired) electrons. The Hall–Kier alpha value is -2.84. The number of ether oxygens (including phenoxy) is 1. The molecule has 154 valence electrons. The maximum atomic E-state index is 10.4. The highest BCUT2D eigenvalue weighted by atomic mass is 16.7. The summed E-state index contributed by atoms with van der Waals surface area (Å²) in [5.41, 5.74) is 2.70. The maximum absolute atomic E-state index is 10.4. The number of fused-ring (bicyclic) bond motifs is 1. The van der Waals surface area contributed by atoms with Crippen molar-refractivity contribution < 1.29 is 14.7 Å². The number of benzene rings is 2. The van der Waals surface area contributed by atoms with Crippen LogP contribution < -0.4 is 14.5 Å². The summed E-state index contributed by atoms with van der Waals surface area (Å²) in [5.74, 6) is 0.928. The van der Waals surface area contributed by atoms with Gasteiger partial charge in [0.1, 0.15) is 29.5 Å². The van der Waals surface area contributed by atoms with Gasteiger partial charge in [-0.25, -0.2) is 0 Å². The van der Waals surface area contributed by atoms with E-state index in [2.05, 4.69) is 26.2 Å². The van der Waals surface area contributed by atoms with Crippen LogP contribution in [0.15, 0.2) is 48.5 Å². The minimum atomic E-state index is -0.597. The normalized spacial score (nSPS) is 16.1. The zero-order valence-corrected chi connectivity index (χ0v) is 16.6. The van der Waals surface area contributed by atoms with Crippen LogP contribution >= 0.6 is 0 Å². The van der Waals surface area contributed by atoms with E-state index in [1.54, 1.807) is 0 Å². The monoisotopic (exact) mass is 397 g/mol. The summed E-state index contributed by atoms with van der Waals surface area (Å²) in [4.78, 5) is 11.6. The molecule has 0 unspecified atom stereocenters. The first-order valence-electron chi connectivity index (χ1n) is 10.1.